The van der Waals surface area contributed by atoms with Crippen LogP contribution in [0.15, 0.2) is 66.9 Å². The highest BCUT2D eigenvalue weighted by Crippen LogP contribution is 2.37. The molecule has 1 heterocycles. The Kier molecular flexibility index (Phi) is 10.1. The van der Waals surface area contributed by atoms with Gasteiger partial charge in [0.25, 0.3) is 0 Å². The number of hydrogen-bond acceptors (Lipinski definition) is 4. The lowest BCUT2D eigenvalue weighted by Gasteiger charge is -2.36. The summed E-state index contributed by atoms with van der Waals surface area (Å²) < 4.78 is 72.4. The van der Waals surface area contributed by atoms with Crippen molar-refractivity contribution < 1.29 is 41.4 Å². The monoisotopic (exact) mass is 599 g/mol. The Labute approximate surface area is 237 Å². The number of rotatable bonds is 12. The fraction of sp³-hybridized carbons (Fsp3) is 0.321. The number of nitrogens with one attached hydrogen (secondary N) is 2. The van der Waals surface area contributed by atoms with Crippen LogP contribution in [0.5, 0.6) is 5.75 Å². The lowest BCUT2D eigenvalue weighted by atomic mass is 9.80. The number of benzene rings is 2. The summed E-state index contributed by atoms with van der Waals surface area (Å²) in [6.07, 6.45) is -8.42. The molecule has 1 aromatic heterocycles. The van der Waals surface area contributed by atoms with Crippen molar-refractivity contribution in [3.63, 3.8) is 0 Å². The maximum atomic E-state index is 14.9. The summed E-state index contributed by atoms with van der Waals surface area (Å²) >= 11 is 6.03. The van der Waals surface area contributed by atoms with E-state index in [1.54, 1.807) is 44.2 Å². The second kappa shape index (κ2) is 13.2. The topological polar surface area (TPSA) is 101 Å². The molecule has 2 amide bonds. The van der Waals surface area contributed by atoms with E-state index in [-0.39, 0.29) is 28.6 Å². The molecule has 7 nitrogen and oxygen atoms in total. The minimum Gasteiger partial charge on any atom is -0.481 e. The average molecular weight is 600 g/mol. The molecule has 0 saturated carbocycles. The smallest absolute Gasteiger partial charge is 0.461 e. The van der Waals surface area contributed by atoms with Crippen molar-refractivity contribution in [2.75, 3.05) is 0 Å². The van der Waals surface area contributed by atoms with Gasteiger partial charge < -0.3 is 20.5 Å². The van der Waals surface area contributed by atoms with Gasteiger partial charge in [-0.3, -0.25) is 9.78 Å². The van der Waals surface area contributed by atoms with Crippen LogP contribution in [0, 0.1) is 11.7 Å². The number of carboxylic acids is 1. The number of pyridine rings is 1. The third-order valence-corrected chi connectivity index (χ3v) is 6.42. The van der Waals surface area contributed by atoms with E-state index in [4.69, 9.17) is 11.6 Å². The molecule has 0 saturated heterocycles. The third kappa shape index (κ3) is 8.29. The van der Waals surface area contributed by atoms with Gasteiger partial charge in [0.15, 0.2) is 0 Å². The van der Waals surface area contributed by atoms with Crippen LogP contribution in [0.4, 0.5) is 26.7 Å². The summed E-state index contributed by atoms with van der Waals surface area (Å²) in [5.74, 6) is -3.52. The largest absolute Gasteiger partial charge is 0.481 e. The van der Waals surface area contributed by atoms with Crippen LogP contribution < -0.4 is 15.4 Å². The molecule has 3 rings (SSSR count). The molecule has 0 aliphatic carbocycles. The highest BCUT2D eigenvalue weighted by atomic mass is 35.5. The van der Waals surface area contributed by atoms with E-state index in [0.717, 1.165) is 12.1 Å². The van der Waals surface area contributed by atoms with Crippen LogP contribution in [0.25, 0.3) is 0 Å². The predicted molar refractivity (Wildman–Crippen MR) is 141 cm³/mol. The Hall–Kier alpha value is -3.93. The molecule has 0 radical (unpaired) electrons. The van der Waals surface area contributed by atoms with Gasteiger partial charge in [-0.05, 0) is 41.3 Å². The Morgan fingerprint density at radius 2 is 1.76 bits per heavy atom. The Balaban J connectivity index is 2.22. The predicted octanol–water partition coefficient (Wildman–Crippen LogP) is 6.40. The van der Waals surface area contributed by atoms with Crippen molar-refractivity contribution >= 4 is 23.6 Å². The lowest BCUT2D eigenvalue weighted by molar-refractivity contribution is -0.253. The number of carboxylic acid groups (broad SMARTS) is 1. The normalized spacial score (nSPS) is 13.9. The summed E-state index contributed by atoms with van der Waals surface area (Å²) in [6.45, 7) is 3.40. The first-order valence-electron chi connectivity index (χ1n) is 12.3. The van der Waals surface area contributed by atoms with E-state index in [1.807, 2.05) is 0 Å². The number of carbonyl (C=O) groups is 2. The molecule has 2 aromatic carbocycles. The van der Waals surface area contributed by atoms with E-state index in [9.17, 15) is 36.6 Å². The number of aromatic nitrogens is 1. The molecular formula is C28H27ClF5N3O4. The Morgan fingerprint density at radius 3 is 2.32 bits per heavy atom. The van der Waals surface area contributed by atoms with Gasteiger partial charge in [-0.25, -0.2) is 9.18 Å². The number of nitrogens with zero attached hydrogens (tertiary/aromatic N) is 1. The maximum absolute atomic E-state index is 14.9. The van der Waals surface area contributed by atoms with Crippen LogP contribution >= 0.6 is 11.6 Å². The first-order chi connectivity index (χ1) is 19.2. The van der Waals surface area contributed by atoms with Crippen LogP contribution in [-0.2, 0) is 16.8 Å². The van der Waals surface area contributed by atoms with Gasteiger partial charge in [-0.2, -0.15) is 17.6 Å². The number of halogens is 6. The van der Waals surface area contributed by atoms with Gasteiger partial charge in [-0.1, -0.05) is 55.8 Å². The molecule has 0 aliphatic heterocycles. The molecule has 2 atom stereocenters. The zero-order valence-electron chi connectivity index (χ0n) is 21.9. The van der Waals surface area contributed by atoms with E-state index in [2.05, 4.69) is 20.4 Å². The minimum atomic E-state index is -4.93. The summed E-state index contributed by atoms with van der Waals surface area (Å²) in [7, 11) is 0. The summed E-state index contributed by atoms with van der Waals surface area (Å²) in [4.78, 5) is 29.1. The number of amides is 2. The molecule has 0 bridgehead atoms. The van der Waals surface area contributed by atoms with Gasteiger partial charge in [0, 0.05) is 24.7 Å². The van der Waals surface area contributed by atoms with Crippen molar-refractivity contribution in [2.24, 2.45) is 5.92 Å². The van der Waals surface area contributed by atoms with Crippen LogP contribution in [0.1, 0.15) is 37.1 Å². The molecule has 41 heavy (non-hydrogen) atoms. The number of urea groups is 1. The number of aliphatic carboxylic acids is 1. The van der Waals surface area contributed by atoms with Crippen LogP contribution in [0.3, 0.4) is 0 Å². The highest BCUT2D eigenvalue weighted by Gasteiger charge is 2.45. The number of ether oxygens (including phenoxy) is 1. The number of hydrogen-bond donors (Lipinski definition) is 3. The Bertz CT molecular complexity index is 1350. The second-order valence-electron chi connectivity index (χ2n) is 9.62. The Morgan fingerprint density at radius 1 is 1.07 bits per heavy atom. The summed E-state index contributed by atoms with van der Waals surface area (Å²) in [5.41, 5.74) is -1.33. The van der Waals surface area contributed by atoms with E-state index >= 15 is 0 Å². The fourth-order valence-corrected chi connectivity index (χ4v) is 4.27. The molecule has 1 unspecified atom stereocenters. The average Bonchev–Trinajstić information content (AvgIpc) is 2.88. The van der Waals surface area contributed by atoms with Crippen molar-refractivity contribution in [1.82, 2.24) is 15.6 Å². The zero-order valence-corrected chi connectivity index (χ0v) is 22.6. The number of alkyl halides is 4. The molecule has 0 aliphatic rings. The quantitative estimate of drug-likeness (QED) is 0.209. The van der Waals surface area contributed by atoms with Crippen LogP contribution in [0.2, 0.25) is 5.02 Å². The van der Waals surface area contributed by atoms with Gasteiger partial charge in [0.2, 0.25) is 0 Å². The van der Waals surface area contributed by atoms with E-state index in [1.165, 1.54) is 18.3 Å². The maximum Gasteiger partial charge on any atom is 0.461 e. The molecule has 0 fully saturated rings. The van der Waals surface area contributed by atoms with Gasteiger partial charge >= 0.3 is 24.5 Å². The fourth-order valence-electron chi connectivity index (χ4n) is 4.16. The van der Waals surface area contributed by atoms with Crippen molar-refractivity contribution in [3.8, 4) is 5.75 Å². The second-order valence-corrected chi connectivity index (χ2v) is 10.1. The first kappa shape index (κ1) is 31.6. The summed E-state index contributed by atoms with van der Waals surface area (Å²) in [6, 6.07) is 12.0. The molecular weight excluding hydrogens is 573 g/mol. The first-order valence-corrected chi connectivity index (χ1v) is 12.7. The zero-order chi connectivity index (χ0) is 30.4. The van der Waals surface area contributed by atoms with Crippen LogP contribution in [-0.4, -0.2) is 40.7 Å². The number of carbonyl (C=O) groups excluding carboxylic acids is 1. The molecule has 220 valence electrons. The standard InChI is InChI=1S/C28H27ClF5N3O4/c1-16(2)22(13-24(38)39)36-26(40)37-27(14-17-6-4-3-5-7-17,23-9-8-19(29)15-35-23)18-10-20(30)12-21(11-18)41-28(33,34)25(31)32/h3-12,15-16,22,25H,13-14H2,1-2H3,(H,38,39)(H2,36,37,40)/t22?,27-/m0/s1. The van der Waals surface area contributed by atoms with Gasteiger partial charge in [0.1, 0.15) is 17.1 Å². The van der Waals surface area contributed by atoms with E-state index in [0.29, 0.717) is 11.6 Å². The summed E-state index contributed by atoms with van der Waals surface area (Å²) in [5, 5.41) is 14.8. The molecule has 3 aromatic rings. The van der Waals surface area contributed by atoms with Crippen molar-refractivity contribution in [3.05, 3.63) is 94.5 Å². The third-order valence-electron chi connectivity index (χ3n) is 6.19. The van der Waals surface area contributed by atoms with Gasteiger partial charge in [0.05, 0.1) is 17.1 Å². The lowest BCUT2D eigenvalue weighted by Crippen LogP contribution is -2.55. The molecule has 0 spiro atoms. The minimum absolute atomic E-state index is 0.0809. The van der Waals surface area contributed by atoms with Crippen molar-refractivity contribution in [2.45, 2.75) is 50.8 Å². The molecule has 13 heteroatoms. The molecule has 3 N–H and O–H groups in total. The SMILES string of the molecule is CC(C)C(CC(=O)O)NC(=O)N[C@@](Cc1ccccc1)(c1cc(F)cc(OC(F)(F)C(F)F)c1)c1ccc(Cl)cn1. The highest BCUT2D eigenvalue weighted by molar-refractivity contribution is 6.30. The van der Waals surface area contributed by atoms with Gasteiger partial charge in [-0.15, -0.1) is 0 Å². The van der Waals surface area contributed by atoms with E-state index < -0.39 is 54.1 Å². The van der Waals surface area contributed by atoms with Crippen molar-refractivity contribution in [1.29, 1.82) is 0 Å².